The van der Waals surface area contributed by atoms with E-state index < -0.39 is 35.8 Å². The molecular weight excluding hydrogens is 278 g/mol. The fraction of sp³-hybridized carbons (Fsp3) is 0.857. The van der Waals surface area contributed by atoms with E-state index in [0.717, 1.165) is 0 Å². The van der Waals surface area contributed by atoms with Gasteiger partial charge in [0.2, 0.25) is 5.54 Å². The minimum Gasteiger partial charge on any atom is -0.467 e. The van der Waals surface area contributed by atoms with Gasteiger partial charge >= 0.3 is 11.9 Å². The molecular formula is C14H25NO6. The molecule has 0 bridgehead atoms. The van der Waals surface area contributed by atoms with E-state index in [1.54, 1.807) is 20.8 Å². The highest BCUT2D eigenvalue weighted by atomic mass is 16.6. The number of methoxy groups -OCH3 is 1. The molecule has 7 heteroatoms. The van der Waals surface area contributed by atoms with Crippen LogP contribution in [0.3, 0.4) is 0 Å². The van der Waals surface area contributed by atoms with Gasteiger partial charge in [-0.3, -0.25) is 4.90 Å². The summed E-state index contributed by atoms with van der Waals surface area (Å²) in [6.07, 6.45) is -0.159. The Morgan fingerprint density at radius 3 is 2.43 bits per heavy atom. The monoisotopic (exact) mass is 303 g/mol. The van der Waals surface area contributed by atoms with Crippen molar-refractivity contribution in [1.29, 1.82) is 0 Å². The molecule has 0 aromatic rings. The summed E-state index contributed by atoms with van der Waals surface area (Å²) in [7, 11) is 1.22. The summed E-state index contributed by atoms with van der Waals surface area (Å²) in [5.41, 5.74) is -2.28. The van der Waals surface area contributed by atoms with Crippen LogP contribution in [0.2, 0.25) is 0 Å². The molecule has 0 aliphatic carbocycles. The molecule has 2 atom stereocenters. The highest BCUT2D eigenvalue weighted by molar-refractivity contribution is 6.05. The molecule has 1 aliphatic rings. The minimum absolute atomic E-state index is 0.00480. The van der Waals surface area contributed by atoms with Crippen molar-refractivity contribution in [3.63, 3.8) is 0 Å². The van der Waals surface area contributed by atoms with Crippen molar-refractivity contribution in [2.24, 2.45) is 0 Å². The Labute approximate surface area is 124 Å². The lowest BCUT2D eigenvalue weighted by molar-refractivity contribution is -0.180. The Kier molecular flexibility index (Phi) is 5.72. The first-order valence-electron chi connectivity index (χ1n) is 7.03. The summed E-state index contributed by atoms with van der Waals surface area (Å²) in [6, 6.07) is 0. The van der Waals surface area contributed by atoms with Crippen molar-refractivity contribution in [1.82, 2.24) is 4.90 Å². The van der Waals surface area contributed by atoms with Crippen LogP contribution in [0, 0.1) is 0 Å². The Morgan fingerprint density at radius 1 is 1.33 bits per heavy atom. The van der Waals surface area contributed by atoms with Gasteiger partial charge in [0.1, 0.15) is 5.60 Å². The van der Waals surface area contributed by atoms with E-state index in [-0.39, 0.29) is 13.0 Å². The van der Waals surface area contributed by atoms with Gasteiger partial charge in [-0.25, -0.2) is 9.59 Å². The summed E-state index contributed by atoms with van der Waals surface area (Å²) in [6.45, 7) is 5.17. The minimum atomic E-state index is -1.54. The molecule has 1 rings (SSSR count). The third-order valence-corrected chi connectivity index (χ3v) is 3.41. The lowest BCUT2D eigenvalue weighted by Gasteiger charge is -2.36. The Morgan fingerprint density at radius 2 is 1.95 bits per heavy atom. The third kappa shape index (κ3) is 3.93. The molecule has 0 aromatic heterocycles. The van der Waals surface area contributed by atoms with E-state index in [1.165, 1.54) is 12.0 Å². The highest BCUT2D eigenvalue weighted by Crippen LogP contribution is 2.33. The van der Waals surface area contributed by atoms with Crippen LogP contribution in [0.1, 0.15) is 33.6 Å². The van der Waals surface area contributed by atoms with Crippen molar-refractivity contribution in [2.45, 2.75) is 50.9 Å². The molecule has 0 aromatic carbocycles. The number of rotatable bonds is 5. The topological polar surface area (TPSA) is 96.3 Å². The fourth-order valence-electron chi connectivity index (χ4n) is 2.51. The van der Waals surface area contributed by atoms with Crippen LogP contribution < -0.4 is 0 Å². The van der Waals surface area contributed by atoms with Crippen molar-refractivity contribution in [2.75, 3.05) is 26.8 Å². The molecule has 21 heavy (non-hydrogen) atoms. The number of ether oxygens (including phenoxy) is 2. The van der Waals surface area contributed by atoms with Crippen LogP contribution in [0.25, 0.3) is 0 Å². The summed E-state index contributed by atoms with van der Waals surface area (Å²) in [4.78, 5) is 26.3. The van der Waals surface area contributed by atoms with Gasteiger partial charge in [0.05, 0.1) is 19.8 Å². The van der Waals surface area contributed by atoms with Crippen LogP contribution in [-0.4, -0.2) is 71.1 Å². The SMILES string of the molecule is COC(=O)[C@]1(C(=O)OC(C)(C)C)CCCN1CC(O)CO. The van der Waals surface area contributed by atoms with Gasteiger partial charge < -0.3 is 19.7 Å². The second kappa shape index (κ2) is 6.72. The van der Waals surface area contributed by atoms with Crippen molar-refractivity contribution < 1.29 is 29.3 Å². The summed E-state index contributed by atoms with van der Waals surface area (Å²) >= 11 is 0. The molecule has 1 fully saturated rings. The van der Waals surface area contributed by atoms with Gasteiger partial charge in [0, 0.05) is 6.54 Å². The number of likely N-dealkylation sites (tertiary alicyclic amines) is 1. The zero-order valence-electron chi connectivity index (χ0n) is 13.1. The number of aliphatic hydroxyl groups excluding tert-OH is 2. The fourth-order valence-corrected chi connectivity index (χ4v) is 2.51. The summed E-state index contributed by atoms with van der Waals surface area (Å²) < 4.78 is 10.2. The molecule has 1 unspecified atom stereocenters. The molecule has 122 valence electrons. The first-order valence-corrected chi connectivity index (χ1v) is 7.03. The van der Waals surface area contributed by atoms with Crippen LogP contribution in [0.15, 0.2) is 0 Å². The maximum Gasteiger partial charge on any atom is 0.338 e. The predicted molar refractivity (Wildman–Crippen MR) is 74.5 cm³/mol. The molecule has 1 saturated heterocycles. The summed E-state index contributed by atoms with van der Waals surface area (Å²) in [5, 5.41) is 18.6. The van der Waals surface area contributed by atoms with E-state index in [1.807, 2.05) is 0 Å². The van der Waals surface area contributed by atoms with Gasteiger partial charge in [-0.05, 0) is 40.2 Å². The molecule has 2 N–H and O–H groups in total. The first kappa shape index (κ1) is 17.9. The van der Waals surface area contributed by atoms with Crippen LogP contribution in [0.5, 0.6) is 0 Å². The molecule has 0 amide bonds. The first-order chi connectivity index (χ1) is 9.67. The molecule has 0 radical (unpaired) electrons. The lowest BCUT2D eigenvalue weighted by atomic mass is 9.95. The number of nitrogens with zero attached hydrogens (tertiary/aromatic N) is 1. The maximum absolute atomic E-state index is 12.6. The van der Waals surface area contributed by atoms with Gasteiger partial charge in [-0.15, -0.1) is 0 Å². The second-order valence-corrected chi connectivity index (χ2v) is 6.24. The zero-order valence-corrected chi connectivity index (χ0v) is 13.1. The van der Waals surface area contributed by atoms with E-state index in [2.05, 4.69) is 0 Å². The van der Waals surface area contributed by atoms with Crippen molar-refractivity contribution >= 4 is 11.9 Å². The Bertz CT molecular complexity index is 391. The molecule has 7 nitrogen and oxygen atoms in total. The molecule has 1 heterocycles. The predicted octanol–water partition coefficient (Wildman–Crippen LogP) is -0.311. The Hall–Kier alpha value is -1.18. The summed E-state index contributed by atoms with van der Waals surface area (Å²) in [5.74, 6) is -1.37. The van der Waals surface area contributed by atoms with Crippen LogP contribution in [0.4, 0.5) is 0 Å². The largest absolute Gasteiger partial charge is 0.467 e. The van der Waals surface area contributed by atoms with E-state index in [0.29, 0.717) is 13.0 Å². The molecule has 0 spiro atoms. The average Bonchev–Trinajstić information content (AvgIpc) is 2.80. The quantitative estimate of drug-likeness (QED) is 0.531. The van der Waals surface area contributed by atoms with Gasteiger partial charge in [-0.1, -0.05) is 0 Å². The van der Waals surface area contributed by atoms with Gasteiger partial charge in [0.15, 0.2) is 0 Å². The van der Waals surface area contributed by atoms with Gasteiger partial charge in [-0.2, -0.15) is 0 Å². The third-order valence-electron chi connectivity index (χ3n) is 3.41. The number of carbonyl (C=O) groups excluding carboxylic acids is 2. The van der Waals surface area contributed by atoms with E-state index >= 15 is 0 Å². The van der Waals surface area contributed by atoms with Crippen molar-refractivity contribution in [3.05, 3.63) is 0 Å². The molecule has 0 saturated carbocycles. The number of esters is 2. The van der Waals surface area contributed by atoms with E-state index in [9.17, 15) is 14.7 Å². The van der Waals surface area contributed by atoms with Crippen LogP contribution >= 0.6 is 0 Å². The lowest BCUT2D eigenvalue weighted by Crippen LogP contribution is -2.60. The number of aliphatic hydroxyl groups is 2. The van der Waals surface area contributed by atoms with Crippen molar-refractivity contribution in [3.8, 4) is 0 Å². The zero-order chi connectivity index (χ0) is 16.3. The number of hydrogen-bond donors (Lipinski definition) is 2. The highest BCUT2D eigenvalue weighted by Gasteiger charge is 2.57. The van der Waals surface area contributed by atoms with Crippen LogP contribution in [-0.2, 0) is 19.1 Å². The normalized spacial score (nSPS) is 24.7. The maximum atomic E-state index is 12.6. The standard InChI is InChI=1S/C14H25NO6/c1-13(2,3)21-12(19)14(11(18)20-4)6-5-7-15(14)8-10(17)9-16/h10,16-17H,5-9H2,1-4H3/t10?,14-/m0/s1. The number of hydrogen-bond acceptors (Lipinski definition) is 7. The number of β-amino-alcohol motifs (C(OH)–C–C–N with tert-alkyl or cyclic N) is 1. The Balaban J connectivity index is 3.08. The molecule has 1 aliphatic heterocycles. The smallest absolute Gasteiger partial charge is 0.338 e. The number of carbonyl (C=O) groups is 2. The van der Waals surface area contributed by atoms with E-state index in [4.69, 9.17) is 14.6 Å². The second-order valence-electron chi connectivity index (χ2n) is 6.24. The average molecular weight is 303 g/mol. The van der Waals surface area contributed by atoms with Gasteiger partial charge in [0.25, 0.3) is 0 Å².